The number of anilines is 1. The van der Waals surface area contributed by atoms with E-state index in [2.05, 4.69) is 29.4 Å². The van der Waals surface area contributed by atoms with Gasteiger partial charge in [-0.3, -0.25) is 9.78 Å². The first-order valence-electron chi connectivity index (χ1n) is 11.1. The molecule has 1 aromatic heterocycles. The van der Waals surface area contributed by atoms with Crippen molar-refractivity contribution in [3.05, 3.63) is 59.5 Å². The number of aliphatic hydroxyl groups is 2. The smallest absolute Gasteiger partial charge is 0.251 e. The minimum absolute atomic E-state index is 0.0124. The zero-order valence-electron chi connectivity index (χ0n) is 17.5. The second-order valence-electron chi connectivity index (χ2n) is 9.70. The van der Waals surface area contributed by atoms with Crippen molar-refractivity contribution >= 4 is 11.6 Å². The quantitative estimate of drug-likeness (QED) is 0.695. The maximum atomic E-state index is 13.1. The molecule has 5 heteroatoms. The molecule has 158 valence electrons. The number of rotatable bonds is 2. The number of amides is 1. The molecule has 1 saturated carbocycles. The topological polar surface area (TPSA) is 82.5 Å². The SMILES string of the molecule is CC12CC=C3C=C4CC(O)CCC4CC[C@]3(O)C1CC=C2C(=O)Nc1cccnc1. The number of hydrogen-bond acceptors (Lipinski definition) is 4. The third-order valence-corrected chi connectivity index (χ3v) is 7.99. The Hall–Kier alpha value is -2.24. The van der Waals surface area contributed by atoms with Crippen LogP contribution >= 0.6 is 0 Å². The molecule has 1 fully saturated rings. The van der Waals surface area contributed by atoms with Crippen molar-refractivity contribution in [1.29, 1.82) is 0 Å². The Morgan fingerprint density at radius 1 is 1.27 bits per heavy atom. The number of fused-ring (bicyclic) bond motifs is 4. The predicted molar refractivity (Wildman–Crippen MR) is 115 cm³/mol. The van der Waals surface area contributed by atoms with Crippen LogP contribution in [0.15, 0.2) is 59.5 Å². The Kier molecular flexibility index (Phi) is 4.71. The van der Waals surface area contributed by atoms with E-state index in [-0.39, 0.29) is 17.9 Å². The van der Waals surface area contributed by atoms with E-state index in [0.29, 0.717) is 24.4 Å². The van der Waals surface area contributed by atoms with E-state index in [1.165, 1.54) is 5.57 Å². The van der Waals surface area contributed by atoms with Gasteiger partial charge in [-0.1, -0.05) is 30.7 Å². The second-order valence-corrected chi connectivity index (χ2v) is 9.70. The highest BCUT2D eigenvalue weighted by Gasteiger charge is 2.56. The number of allylic oxidation sites excluding steroid dienone is 2. The van der Waals surface area contributed by atoms with Crippen LogP contribution in [-0.4, -0.2) is 32.8 Å². The highest BCUT2D eigenvalue weighted by Crippen LogP contribution is 2.59. The van der Waals surface area contributed by atoms with Crippen molar-refractivity contribution in [2.24, 2.45) is 17.3 Å². The van der Waals surface area contributed by atoms with Gasteiger partial charge < -0.3 is 15.5 Å². The molecule has 0 radical (unpaired) electrons. The molecule has 0 spiro atoms. The van der Waals surface area contributed by atoms with Crippen LogP contribution in [0.1, 0.15) is 51.9 Å². The van der Waals surface area contributed by atoms with Crippen molar-refractivity contribution < 1.29 is 15.0 Å². The number of pyridine rings is 1. The van der Waals surface area contributed by atoms with Crippen LogP contribution in [0, 0.1) is 17.3 Å². The number of aromatic nitrogens is 1. The highest BCUT2D eigenvalue weighted by molar-refractivity contribution is 6.05. The summed E-state index contributed by atoms with van der Waals surface area (Å²) in [6.45, 7) is 2.12. The normalized spacial score (nSPS) is 37.6. The third kappa shape index (κ3) is 3.07. The first-order valence-corrected chi connectivity index (χ1v) is 11.1. The second kappa shape index (κ2) is 7.17. The van der Waals surface area contributed by atoms with Crippen molar-refractivity contribution in [2.45, 2.75) is 63.6 Å². The Balaban J connectivity index is 1.43. The minimum atomic E-state index is -0.922. The van der Waals surface area contributed by atoms with Gasteiger partial charge >= 0.3 is 0 Å². The molecule has 1 heterocycles. The molecule has 5 atom stereocenters. The van der Waals surface area contributed by atoms with Crippen LogP contribution in [0.3, 0.4) is 0 Å². The summed E-state index contributed by atoms with van der Waals surface area (Å²) in [7, 11) is 0. The van der Waals surface area contributed by atoms with Gasteiger partial charge in [0, 0.05) is 23.1 Å². The largest absolute Gasteiger partial charge is 0.393 e. The van der Waals surface area contributed by atoms with Gasteiger partial charge in [0.25, 0.3) is 5.91 Å². The number of hydrogen-bond donors (Lipinski definition) is 3. The third-order valence-electron chi connectivity index (χ3n) is 7.99. The van der Waals surface area contributed by atoms with Crippen LogP contribution in [0.5, 0.6) is 0 Å². The molecule has 5 rings (SSSR count). The van der Waals surface area contributed by atoms with E-state index >= 15 is 0 Å². The number of nitrogens with zero attached hydrogens (tertiary/aromatic N) is 1. The molecule has 0 aliphatic heterocycles. The van der Waals surface area contributed by atoms with Crippen LogP contribution in [0.25, 0.3) is 0 Å². The summed E-state index contributed by atoms with van der Waals surface area (Å²) in [6.07, 6.45) is 15.1. The lowest BCUT2D eigenvalue weighted by molar-refractivity contribution is -0.114. The van der Waals surface area contributed by atoms with Crippen molar-refractivity contribution in [1.82, 2.24) is 4.98 Å². The van der Waals surface area contributed by atoms with Gasteiger partial charge in [-0.05, 0) is 68.6 Å². The lowest BCUT2D eigenvalue weighted by Crippen LogP contribution is -2.49. The molecule has 4 aliphatic rings. The van der Waals surface area contributed by atoms with Crippen LogP contribution in [0.4, 0.5) is 5.69 Å². The average molecular weight is 407 g/mol. The molecular formula is C25H30N2O3. The molecule has 1 aromatic rings. The Labute approximate surface area is 177 Å². The molecule has 0 saturated heterocycles. The summed E-state index contributed by atoms with van der Waals surface area (Å²) in [5, 5.41) is 25.1. The number of carbonyl (C=O) groups excluding carboxylic acids is 1. The summed E-state index contributed by atoms with van der Waals surface area (Å²) in [5.41, 5.74) is 2.43. The Morgan fingerprint density at radius 2 is 2.13 bits per heavy atom. The summed E-state index contributed by atoms with van der Waals surface area (Å²) in [5.74, 6) is 0.344. The molecule has 4 unspecified atom stereocenters. The molecule has 4 aliphatic carbocycles. The zero-order chi connectivity index (χ0) is 20.9. The van der Waals surface area contributed by atoms with Crippen molar-refractivity contribution in [2.75, 3.05) is 5.32 Å². The molecule has 5 nitrogen and oxygen atoms in total. The van der Waals surface area contributed by atoms with E-state index in [1.54, 1.807) is 18.5 Å². The van der Waals surface area contributed by atoms with E-state index < -0.39 is 11.0 Å². The lowest BCUT2D eigenvalue weighted by Gasteiger charge is -2.48. The number of aliphatic hydroxyl groups excluding tert-OH is 1. The van der Waals surface area contributed by atoms with Crippen molar-refractivity contribution in [3.63, 3.8) is 0 Å². The fourth-order valence-corrected chi connectivity index (χ4v) is 6.30. The Bertz CT molecular complexity index is 950. The average Bonchev–Trinajstić information content (AvgIpc) is 3.02. The van der Waals surface area contributed by atoms with Gasteiger partial charge in [-0.2, -0.15) is 0 Å². The predicted octanol–water partition coefficient (Wildman–Crippen LogP) is 3.92. The van der Waals surface area contributed by atoms with Gasteiger partial charge in [-0.15, -0.1) is 0 Å². The first-order chi connectivity index (χ1) is 14.4. The maximum Gasteiger partial charge on any atom is 0.251 e. The van der Waals surface area contributed by atoms with Gasteiger partial charge in [-0.25, -0.2) is 0 Å². The summed E-state index contributed by atoms with van der Waals surface area (Å²) >= 11 is 0. The van der Waals surface area contributed by atoms with E-state index in [1.807, 2.05) is 12.1 Å². The minimum Gasteiger partial charge on any atom is -0.393 e. The van der Waals surface area contributed by atoms with Gasteiger partial charge in [0.15, 0.2) is 0 Å². The van der Waals surface area contributed by atoms with Gasteiger partial charge in [0.1, 0.15) is 0 Å². The van der Waals surface area contributed by atoms with Crippen LogP contribution in [-0.2, 0) is 4.79 Å². The van der Waals surface area contributed by atoms with Gasteiger partial charge in [0.05, 0.1) is 23.6 Å². The molecule has 30 heavy (non-hydrogen) atoms. The summed E-state index contributed by atoms with van der Waals surface area (Å²) in [4.78, 5) is 17.2. The first kappa shape index (κ1) is 19.7. The molecule has 3 N–H and O–H groups in total. The molecule has 0 bridgehead atoms. The highest BCUT2D eigenvalue weighted by atomic mass is 16.3. The monoisotopic (exact) mass is 406 g/mol. The van der Waals surface area contributed by atoms with E-state index in [4.69, 9.17) is 0 Å². The van der Waals surface area contributed by atoms with E-state index in [9.17, 15) is 15.0 Å². The van der Waals surface area contributed by atoms with Crippen LogP contribution in [0.2, 0.25) is 0 Å². The Morgan fingerprint density at radius 3 is 2.93 bits per heavy atom. The zero-order valence-corrected chi connectivity index (χ0v) is 17.5. The van der Waals surface area contributed by atoms with Crippen LogP contribution < -0.4 is 5.32 Å². The van der Waals surface area contributed by atoms with E-state index in [0.717, 1.165) is 43.3 Å². The van der Waals surface area contributed by atoms with Crippen molar-refractivity contribution in [3.8, 4) is 0 Å². The van der Waals surface area contributed by atoms with Gasteiger partial charge in [0.2, 0.25) is 0 Å². The fourth-order valence-electron chi connectivity index (χ4n) is 6.30. The molecule has 1 amide bonds. The summed E-state index contributed by atoms with van der Waals surface area (Å²) < 4.78 is 0. The standard InChI is InChI=1S/C25H30N2O3/c1-24-10-9-18-13-17-14-20(28)5-4-16(17)8-11-25(18,30)22(24)7-6-21(24)23(29)27-19-3-2-12-26-15-19/h2-3,6,9,12-13,15-16,20,22,28,30H,4-5,7-8,10-11,14H2,1H3,(H,27,29)/t16?,20?,22?,24?,25-/m1/s1. The number of nitrogens with one attached hydrogen (secondary N) is 1. The number of carbonyl (C=O) groups is 1. The summed E-state index contributed by atoms with van der Waals surface area (Å²) in [6, 6.07) is 3.64. The molecular weight excluding hydrogens is 376 g/mol. The maximum absolute atomic E-state index is 13.1. The molecule has 0 aromatic carbocycles. The fraction of sp³-hybridized carbons (Fsp3) is 0.520. The lowest BCUT2D eigenvalue weighted by atomic mass is 9.59.